The number of nitrogens with one attached hydrogen (secondary N) is 2. The average molecular weight is 224 g/mol. The molecule has 2 heterocycles. The highest BCUT2D eigenvalue weighted by Crippen LogP contribution is 2.07. The highest BCUT2D eigenvalue weighted by Gasteiger charge is 2.32. The Morgan fingerprint density at radius 2 is 1.14 bits per heavy atom. The Morgan fingerprint density at radius 1 is 1.07 bits per heavy atom. The Morgan fingerprint density at radius 3 is 1.14 bits per heavy atom. The molecule has 2 saturated heterocycles. The van der Waals surface area contributed by atoms with E-state index in [0.717, 1.165) is 13.1 Å². The van der Waals surface area contributed by atoms with E-state index in [0.29, 0.717) is 0 Å². The fourth-order valence-electron chi connectivity index (χ4n) is 0.256. The van der Waals surface area contributed by atoms with Gasteiger partial charge < -0.3 is 19.8 Å². The Labute approximate surface area is 83.3 Å². The second kappa shape index (κ2) is 4.80. The van der Waals surface area contributed by atoms with Crippen LogP contribution >= 0.6 is 0 Å². The number of hydrogen-bond donors (Lipinski definition) is 6. The Kier molecular flexibility index (Phi) is 4.61. The summed E-state index contributed by atoms with van der Waals surface area (Å²) in [5, 5.41) is 22.5. The minimum absolute atomic E-state index is 0.500. The van der Waals surface area contributed by atoms with Gasteiger partial charge >= 0.3 is 9.17 Å². The van der Waals surface area contributed by atoms with E-state index in [1.54, 1.807) is 13.8 Å². The molecule has 2 aliphatic heterocycles. The smallest absolute Gasteiger partial charge is 0.511 e. The molecule has 8 heteroatoms. The van der Waals surface area contributed by atoms with E-state index in [-0.39, 0.29) is 0 Å². The van der Waals surface area contributed by atoms with Crippen LogP contribution in [0.2, 0.25) is 0 Å². The third kappa shape index (κ3) is 14.0. The molecule has 0 amide bonds. The number of aliphatic hydroxyl groups is 2. The van der Waals surface area contributed by atoms with Gasteiger partial charge in [-0.1, -0.05) is 0 Å². The molecule has 2 unspecified atom stereocenters. The van der Waals surface area contributed by atoms with Crippen LogP contribution in [-0.2, 0) is 4.46 Å². The summed E-state index contributed by atoms with van der Waals surface area (Å²) >= 11 is 0. The van der Waals surface area contributed by atoms with Gasteiger partial charge in [-0.3, -0.25) is 15.1 Å². The van der Waals surface area contributed by atoms with Gasteiger partial charge in [0.1, 0.15) is 11.4 Å². The molecule has 7 nitrogen and oxygen atoms in total. The SMILES string of the molecule is CC1(O)CN1.CC1(O)CN1.O=[Si](O)O. The van der Waals surface area contributed by atoms with E-state index in [4.69, 9.17) is 24.3 Å². The first-order valence-corrected chi connectivity index (χ1v) is 5.32. The summed E-state index contributed by atoms with van der Waals surface area (Å²) in [5.41, 5.74) is -1.00. The van der Waals surface area contributed by atoms with Crippen LogP contribution in [0.5, 0.6) is 0 Å². The molecule has 2 atom stereocenters. The lowest BCUT2D eigenvalue weighted by molar-refractivity contribution is 0.166. The van der Waals surface area contributed by atoms with Crippen LogP contribution < -0.4 is 10.6 Å². The monoisotopic (exact) mass is 224 g/mol. The van der Waals surface area contributed by atoms with E-state index in [1.807, 2.05) is 0 Å². The fraction of sp³-hybridized carbons (Fsp3) is 1.00. The van der Waals surface area contributed by atoms with E-state index < -0.39 is 20.6 Å². The van der Waals surface area contributed by atoms with E-state index in [9.17, 15) is 0 Å². The van der Waals surface area contributed by atoms with Gasteiger partial charge in [0.15, 0.2) is 0 Å². The maximum atomic E-state index is 8.74. The second-order valence-electron chi connectivity index (χ2n) is 3.54. The van der Waals surface area contributed by atoms with Crippen molar-refractivity contribution >= 4 is 9.17 Å². The van der Waals surface area contributed by atoms with Crippen molar-refractivity contribution in [2.24, 2.45) is 0 Å². The molecular formula is C6H16N2O5Si. The zero-order valence-corrected chi connectivity index (χ0v) is 9.11. The van der Waals surface area contributed by atoms with Crippen LogP contribution in [0.4, 0.5) is 0 Å². The molecular weight excluding hydrogens is 208 g/mol. The zero-order chi connectivity index (χ0) is 11.4. The number of hydrogen-bond acceptors (Lipinski definition) is 5. The van der Waals surface area contributed by atoms with Crippen LogP contribution in [0.1, 0.15) is 13.8 Å². The molecule has 2 rings (SSSR count). The highest BCUT2D eigenvalue weighted by atomic mass is 28.3. The quantitative estimate of drug-likeness (QED) is 0.190. The van der Waals surface area contributed by atoms with Crippen LogP contribution in [-0.4, -0.2) is 53.5 Å². The lowest BCUT2D eigenvalue weighted by Gasteiger charge is -1.85. The third-order valence-corrected chi connectivity index (χ3v) is 1.38. The van der Waals surface area contributed by atoms with Gasteiger partial charge in [-0.25, -0.2) is 0 Å². The van der Waals surface area contributed by atoms with E-state index in [2.05, 4.69) is 10.6 Å². The molecule has 0 aromatic rings. The fourth-order valence-corrected chi connectivity index (χ4v) is 0.256. The van der Waals surface area contributed by atoms with Gasteiger partial charge in [-0.15, -0.1) is 0 Å². The minimum Gasteiger partial charge on any atom is -0.511 e. The summed E-state index contributed by atoms with van der Waals surface area (Å²) in [6, 6.07) is 0. The molecule has 0 saturated carbocycles. The first-order chi connectivity index (χ1) is 6.15. The van der Waals surface area contributed by atoms with Crippen LogP contribution in [0.3, 0.4) is 0 Å². The van der Waals surface area contributed by atoms with Crippen LogP contribution in [0.25, 0.3) is 0 Å². The number of β-amino-alcohol motifs (C(OH)–C–C–N with tert-alkyl or cyclic N) is 2. The first-order valence-electron chi connectivity index (χ1n) is 4.01. The molecule has 84 valence electrons. The molecule has 6 N–H and O–H groups in total. The summed E-state index contributed by atoms with van der Waals surface area (Å²) in [4.78, 5) is 14.3. The van der Waals surface area contributed by atoms with Crippen LogP contribution in [0.15, 0.2) is 0 Å². The van der Waals surface area contributed by atoms with Crippen molar-refractivity contribution in [3.63, 3.8) is 0 Å². The summed E-state index contributed by atoms with van der Waals surface area (Å²) in [7, 11) is -3.13. The molecule has 0 bridgehead atoms. The van der Waals surface area contributed by atoms with Crippen molar-refractivity contribution in [3.05, 3.63) is 0 Å². The molecule has 14 heavy (non-hydrogen) atoms. The Bertz CT molecular complexity index is 176. The first kappa shape index (κ1) is 13.5. The molecule has 0 aromatic heterocycles. The minimum atomic E-state index is -3.13. The Hall–Kier alpha value is -0.543. The van der Waals surface area contributed by atoms with Gasteiger partial charge in [0.05, 0.1) is 0 Å². The van der Waals surface area contributed by atoms with Crippen molar-refractivity contribution in [1.29, 1.82) is 0 Å². The summed E-state index contributed by atoms with van der Waals surface area (Å²) in [6.07, 6.45) is 0. The summed E-state index contributed by atoms with van der Waals surface area (Å²) in [5.74, 6) is 0. The molecule has 0 aliphatic carbocycles. The normalized spacial score (nSPS) is 36.9. The molecule has 2 aliphatic rings. The zero-order valence-electron chi connectivity index (χ0n) is 8.11. The third-order valence-electron chi connectivity index (χ3n) is 1.38. The lowest BCUT2D eigenvalue weighted by Crippen LogP contribution is -2.04. The summed E-state index contributed by atoms with van der Waals surface area (Å²) < 4.78 is 8.74. The Balaban J connectivity index is 0.000000183. The maximum absolute atomic E-state index is 8.74. The molecule has 0 spiro atoms. The highest BCUT2D eigenvalue weighted by molar-refractivity contribution is 6.22. The largest absolute Gasteiger partial charge is 0.761 e. The maximum Gasteiger partial charge on any atom is 0.761 e. The standard InChI is InChI=1S/2C3H7NO.H2O3Si/c2*1-3(5)2-4-3;1-4(2)3/h2*4-5H,2H2,1H3;1-2H. The van der Waals surface area contributed by atoms with Gasteiger partial charge in [0.25, 0.3) is 0 Å². The molecule has 2 fully saturated rings. The van der Waals surface area contributed by atoms with Gasteiger partial charge in [-0.05, 0) is 13.8 Å². The van der Waals surface area contributed by atoms with Gasteiger partial charge in [0, 0.05) is 13.1 Å². The molecule has 0 aromatic carbocycles. The van der Waals surface area contributed by atoms with Crippen molar-refractivity contribution in [2.75, 3.05) is 13.1 Å². The molecule has 0 radical (unpaired) electrons. The van der Waals surface area contributed by atoms with Gasteiger partial charge in [0.2, 0.25) is 0 Å². The van der Waals surface area contributed by atoms with Crippen molar-refractivity contribution in [1.82, 2.24) is 10.6 Å². The second-order valence-corrected chi connectivity index (χ2v) is 4.10. The van der Waals surface area contributed by atoms with Crippen molar-refractivity contribution in [3.8, 4) is 0 Å². The average Bonchev–Trinajstić information content (AvgIpc) is 2.78. The van der Waals surface area contributed by atoms with Crippen LogP contribution in [0, 0.1) is 0 Å². The van der Waals surface area contributed by atoms with E-state index >= 15 is 0 Å². The van der Waals surface area contributed by atoms with Gasteiger partial charge in [-0.2, -0.15) is 0 Å². The van der Waals surface area contributed by atoms with Crippen molar-refractivity contribution in [2.45, 2.75) is 25.3 Å². The number of rotatable bonds is 0. The summed E-state index contributed by atoms with van der Waals surface area (Å²) in [6.45, 7) is 5.00. The predicted octanol–water partition coefficient (Wildman–Crippen LogP) is -3.02. The van der Waals surface area contributed by atoms with Crippen molar-refractivity contribution < 1.29 is 24.3 Å². The lowest BCUT2D eigenvalue weighted by atomic mass is 10.5. The van der Waals surface area contributed by atoms with E-state index in [1.165, 1.54) is 0 Å². The predicted molar refractivity (Wildman–Crippen MR) is 48.1 cm³/mol. The topological polar surface area (TPSA) is 142 Å².